The van der Waals surface area contributed by atoms with E-state index in [9.17, 15) is 4.39 Å². The van der Waals surface area contributed by atoms with Crippen molar-refractivity contribution in [1.29, 1.82) is 0 Å². The van der Waals surface area contributed by atoms with E-state index in [2.05, 4.69) is 25.8 Å². The summed E-state index contributed by atoms with van der Waals surface area (Å²) in [6, 6.07) is 14.4. The predicted octanol–water partition coefficient (Wildman–Crippen LogP) is 3.37. The van der Waals surface area contributed by atoms with Gasteiger partial charge in [-0.1, -0.05) is 43.4 Å². The van der Waals surface area contributed by atoms with E-state index in [1.807, 2.05) is 12.1 Å². The van der Waals surface area contributed by atoms with Crippen molar-refractivity contribution in [3.63, 3.8) is 0 Å². The van der Waals surface area contributed by atoms with E-state index in [4.69, 9.17) is 4.74 Å². The average molecular weight is 242 g/mol. The second-order valence-corrected chi connectivity index (χ2v) is 4.64. The van der Waals surface area contributed by atoms with Crippen LogP contribution in [0, 0.1) is 5.82 Å². The van der Waals surface area contributed by atoms with Crippen LogP contribution in [0.25, 0.3) is 0 Å². The molecule has 0 bridgehead atoms. The number of ether oxygens (including phenoxy) is 1. The first kappa shape index (κ1) is 12.7. The standard InChI is InChI=1S/C15H16BFO/c1-16(2)13-5-9-15(10-6-13)18-11-12-3-7-14(17)8-4-12/h3-10H,11H2,1-2H3. The van der Waals surface area contributed by atoms with Crippen LogP contribution in [0.2, 0.25) is 13.6 Å². The van der Waals surface area contributed by atoms with Crippen LogP contribution in [0.1, 0.15) is 5.56 Å². The van der Waals surface area contributed by atoms with E-state index in [1.54, 1.807) is 12.1 Å². The molecule has 0 radical (unpaired) electrons. The Morgan fingerprint density at radius 2 is 1.56 bits per heavy atom. The molecule has 0 N–H and O–H groups in total. The summed E-state index contributed by atoms with van der Waals surface area (Å²) >= 11 is 0. The zero-order valence-electron chi connectivity index (χ0n) is 10.7. The fourth-order valence-corrected chi connectivity index (χ4v) is 1.70. The van der Waals surface area contributed by atoms with Crippen molar-refractivity contribution in [3.8, 4) is 5.75 Å². The van der Waals surface area contributed by atoms with Crippen molar-refractivity contribution < 1.29 is 9.13 Å². The number of rotatable bonds is 4. The van der Waals surface area contributed by atoms with Gasteiger partial charge in [-0.3, -0.25) is 0 Å². The molecular weight excluding hydrogens is 226 g/mol. The summed E-state index contributed by atoms with van der Waals surface area (Å²) in [7, 11) is 0. The molecule has 0 aliphatic carbocycles. The third-order valence-electron chi connectivity index (χ3n) is 2.87. The first-order valence-electron chi connectivity index (χ1n) is 6.12. The van der Waals surface area contributed by atoms with Gasteiger partial charge in [-0.05, 0) is 29.8 Å². The van der Waals surface area contributed by atoms with Crippen LogP contribution in [-0.2, 0) is 6.61 Å². The van der Waals surface area contributed by atoms with Gasteiger partial charge >= 0.3 is 0 Å². The van der Waals surface area contributed by atoms with E-state index in [1.165, 1.54) is 17.6 Å². The van der Waals surface area contributed by atoms with Gasteiger partial charge in [0, 0.05) is 0 Å². The number of benzene rings is 2. The highest BCUT2D eigenvalue weighted by atomic mass is 19.1. The van der Waals surface area contributed by atoms with Gasteiger partial charge in [0.1, 0.15) is 18.2 Å². The smallest absolute Gasteiger partial charge is 0.169 e. The molecule has 18 heavy (non-hydrogen) atoms. The molecule has 0 heterocycles. The van der Waals surface area contributed by atoms with E-state index in [0.29, 0.717) is 13.3 Å². The van der Waals surface area contributed by atoms with Crippen LogP contribution in [0.4, 0.5) is 4.39 Å². The number of hydrogen-bond acceptors (Lipinski definition) is 1. The van der Waals surface area contributed by atoms with Gasteiger partial charge in [0.2, 0.25) is 0 Å². The lowest BCUT2D eigenvalue weighted by Crippen LogP contribution is -2.21. The molecular formula is C15H16BFO. The zero-order chi connectivity index (χ0) is 13.0. The van der Waals surface area contributed by atoms with Gasteiger partial charge in [-0.15, -0.1) is 0 Å². The lowest BCUT2D eigenvalue weighted by molar-refractivity contribution is 0.306. The fraction of sp³-hybridized carbons (Fsp3) is 0.200. The van der Waals surface area contributed by atoms with Crippen LogP contribution in [-0.4, -0.2) is 6.71 Å². The molecule has 0 amide bonds. The molecule has 0 saturated heterocycles. The molecule has 0 aliphatic heterocycles. The lowest BCUT2D eigenvalue weighted by atomic mass is 9.49. The van der Waals surface area contributed by atoms with Gasteiger partial charge in [0.25, 0.3) is 0 Å². The summed E-state index contributed by atoms with van der Waals surface area (Å²) in [5.41, 5.74) is 2.26. The summed E-state index contributed by atoms with van der Waals surface area (Å²) < 4.78 is 18.4. The maximum absolute atomic E-state index is 12.7. The summed E-state index contributed by atoms with van der Waals surface area (Å²) in [4.78, 5) is 0. The SMILES string of the molecule is CB(C)c1ccc(OCc2ccc(F)cc2)cc1. The Labute approximate surface area is 108 Å². The van der Waals surface area contributed by atoms with Crippen molar-refractivity contribution in [2.75, 3.05) is 0 Å². The van der Waals surface area contributed by atoms with E-state index >= 15 is 0 Å². The Balaban J connectivity index is 1.95. The van der Waals surface area contributed by atoms with Crippen molar-refractivity contribution in [2.45, 2.75) is 20.3 Å². The quantitative estimate of drug-likeness (QED) is 0.747. The highest BCUT2D eigenvalue weighted by Crippen LogP contribution is 2.11. The maximum atomic E-state index is 12.7. The molecule has 0 fully saturated rings. The minimum Gasteiger partial charge on any atom is -0.489 e. The molecule has 0 aromatic heterocycles. The molecule has 0 saturated carbocycles. The molecule has 2 aromatic carbocycles. The highest BCUT2D eigenvalue weighted by molar-refractivity contribution is 6.70. The van der Waals surface area contributed by atoms with Crippen molar-refractivity contribution in [1.82, 2.24) is 0 Å². The Kier molecular flexibility index (Phi) is 4.03. The Morgan fingerprint density at radius 3 is 2.11 bits per heavy atom. The van der Waals surface area contributed by atoms with Gasteiger partial charge in [-0.2, -0.15) is 0 Å². The van der Waals surface area contributed by atoms with Crippen LogP contribution in [0.3, 0.4) is 0 Å². The third kappa shape index (κ3) is 3.36. The minimum absolute atomic E-state index is 0.222. The molecule has 2 aromatic rings. The molecule has 92 valence electrons. The third-order valence-corrected chi connectivity index (χ3v) is 2.87. The summed E-state index contributed by atoms with van der Waals surface area (Å²) in [5.74, 6) is 0.615. The van der Waals surface area contributed by atoms with Crippen molar-refractivity contribution in [2.24, 2.45) is 0 Å². The van der Waals surface area contributed by atoms with E-state index in [-0.39, 0.29) is 5.82 Å². The second-order valence-electron chi connectivity index (χ2n) is 4.64. The first-order valence-corrected chi connectivity index (χ1v) is 6.12. The molecule has 0 atom stereocenters. The Hall–Kier alpha value is -1.77. The van der Waals surface area contributed by atoms with E-state index < -0.39 is 0 Å². The average Bonchev–Trinajstić information content (AvgIpc) is 2.38. The van der Waals surface area contributed by atoms with Crippen LogP contribution in [0.15, 0.2) is 48.5 Å². The van der Waals surface area contributed by atoms with Crippen molar-refractivity contribution >= 4 is 12.2 Å². The van der Waals surface area contributed by atoms with Gasteiger partial charge < -0.3 is 4.74 Å². The summed E-state index contributed by atoms with van der Waals surface area (Å²) in [6.45, 7) is 5.31. The minimum atomic E-state index is -0.222. The largest absolute Gasteiger partial charge is 0.489 e. The van der Waals surface area contributed by atoms with Gasteiger partial charge in [0.05, 0.1) is 0 Å². The molecule has 1 nitrogen and oxygen atoms in total. The maximum Gasteiger partial charge on any atom is 0.169 e. The Morgan fingerprint density at radius 1 is 0.944 bits per heavy atom. The first-order chi connectivity index (χ1) is 8.65. The topological polar surface area (TPSA) is 9.23 Å². The molecule has 2 rings (SSSR count). The zero-order valence-corrected chi connectivity index (χ0v) is 10.7. The summed E-state index contributed by atoms with van der Waals surface area (Å²) in [6.07, 6.45) is 0. The molecule has 3 heteroatoms. The molecule has 0 aliphatic rings. The summed E-state index contributed by atoms with van der Waals surface area (Å²) in [5, 5.41) is 0. The van der Waals surface area contributed by atoms with Gasteiger partial charge in [0.15, 0.2) is 6.71 Å². The monoisotopic (exact) mass is 242 g/mol. The van der Waals surface area contributed by atoms with Gasteiger partial charge in [-0.25, -0.2) is 4.39 Å². The Bertz CT molecular complexity index is 491. The predicted molar refractivity (Wildman–Crippen MR) is 74.3 cm³/mol. The van der Waals surface area contributed by atoms with Crippen LogP contribution in [0.5, 0.6) is 5.75 Å². The lowest BCUT2D eigenvalue weighted by Gasteiger charge is -2.08. The van der Waals surface area contributed by atoms with Crippen LogP contribution >= 0.6 is 0 Å². The fourth-order valence-electron chi connectivity index (χ4n) is 1.70. The van der Waals surface area contributed by atoms with Crippen molar-refractivity contribution in [3.05, 3.63) is 59.9 Å². The number of halogens is 1. The second kappa shape index (κ2) is 5.72. The van der Waals surface area contributed by atoms with Crippen LogP contribution < -0.4 is 10.2 Å². The number of hydrogen-bond donors (Lipinski definition) is 0. The highest BCUT2D eigenvalue weighted by Gasteiger charge is 2.02. The normalized spacial score (nSPS) is 10.2. The molecule has 0 unspecified atom stereocenters. The van der Waals surface area contributed by atoms with E-state index in [0.717, 1.165) is 11.3 Å². The molecule has 0 spiro atoms.